The van der Waals surface area contributed by atoms with Crippen LogP contribution in [-0.4, -0.2) is 27.1 Å². The molecule has 0 spiro atoms. The summed E-state index contributed by atoms with van der Waals surface area (Å²) in [5, 5.41) is 9.35. The molecule has 0 aliphatic rings. The van der Waals surface area contributed by atoms with Crippen LogP contribution >= 0.6 is 0 Å². The summed E-state index contributed by atoms with van der Waals surface area (Å²) in [5.74, 6) is 1.60. The monoisotopic (exact) mass is 336 g/mol. The number of aryl methyl sites for hydroxylation is 1. The maximum Gasteiger partial charge on any atom is 0.251 e. The molecule has 3 rings (SSSR count). The van der Waals surface area contributed by atoms with Gasteiger partial charge in [0.25, 0.3) is 5.56 Å². The van der Waals surface area contributed by atoms with Crippen molar-refractivity contribution in [3.8, 4) is 17.1 Å². The molecular weight excluding hydrogens is 316 g/mol. The van der Waals surface area contributed by atoms with Crippen LogP contribution in [0.4, 0.5) is 5.82 Å². The molecule has 2 heterocycles. The fourth-order valence-corrected chi connectivity index (χ4v) is 2.53. The Morgan fingerprint density at radius 3 is 2.56 bits per heavy atom. The minimum absolute atomic E-state index is 0.157. The lowest BCUT2D eigenvalue weighted by molar-refractivity contribution is 0.475. The van der Waals surface area contributed by atoms with Gasteiger partial charge in [-0.15, -0.1) is 0 Å². The van der Waals surface area contributed by atoms with Gasteiger partial charge in [-0.25, -0.2) is 9.97 Å². The Kier molecular flexibility index (Phi) is 4.79. The van der Waals surface area contributed by atoms with Crippen LogP contribution in [0.2, 0.25) is 0 Å². The van der Waals surface area contributed by atoms with E-state index in [9.17, 15) is 9.90 Å². The first-order chi connectivity index (χ1) is 12.0. The average Bonchev–Trinajstić information content (AvgIpc) is 2.63. The van der Waals surface area contributed by atoms with Crippen molar-refractivity contribution in [3.05, 3.63) is 70.3 Å². The SMILES string of the molecule is CCc1cc(=O)[nH]c(-c2ccc(N(C)Cc3ccc(O)cc3)nc2)n1. The van der Waals surface area contributed by atoms with E-state index in [-0.39, 0.29) is 11.3 Å². The number of nitrogens with zero attached hydrogens (tertiary/aromatic N) is 3. The number of pyridine rings is 1. The Morgan fingerprint density at radius 1 is 1.16 bits per heavy atom. The van der Waals surface area contributed by atoms with Crippen molar-refractivity contribution >= 4 is 5.82 Å². The van der Waals surface area contributed by atoms with Gasteiger partial charge in [-0.05, 0) is 36.2 Å². The van der Waals surface area contributed by atoms with Crippen molar-refractivity contribution in [1.29, 1.82) is 0 Å². The zero-order valence-corrected chi connectivity index (χ0v) is 14.2. The number of aromatic amines is 1. The van der Waals surface area contributed by atoms with Crippen molar-refractivity contribution < 1.29 is 5.11 Å². The number of aromatic hydroxyl groups is 1. The second-order valence-corrected chi connectivity index (χ2v) is 5.87. The van der Waals surface area contributed by atoms with Crippen LogP contribution in [0.25, 0.3) is 11.4 Å². The van der Waals surface area contributed by atoms with Gasteiger partial charge >= 0.3 is 0 Å². The van der Waals surface area contributed by atoms with E-state index in [0.29, 0.717) is 18.8 Å². The van der Waals surface area contributed by atoms with E-state index in [4.69, 9.17) is 0 Å². The molecule has 0 aliphatic heterocycles. The normalized spacial score (nSPS) is 10.6. The molecule has 0 aliphatic carbocycles. The van der Waals surface area contributed by atoms with E-state index in [1.807, 2.05) is 43.1 Å². The Hall–Kier alpha value is -3.15. The molecule has 128 valence electrons. The van der Waals surface area contributed by atoms with Gasteiger partial charge in [0.15, 0.2) is 0 Å². The number of H-pyrrole nitrogens is 1. The number of aromatic nitrogens is 3. The molecule has 0 atom stereocenters. The van der Waals surface area contributed by atoms with Crippen molar-refractivity contribution in [2.24, 2.45) is 0 Å². The highest BCUT2D eigenvalue weighted by Gasteiger charge is 2.07. The molecule has 2 N–H and O–H groups in total. The van der Waals surface area contributed by atoms with Gasteiger partial charge in [0.2, 0.25) is 0 Å². The predicted molar refractivity (Wildman–Crippen MR) is 97.7 cm³/mol. The number of nitrogens with one attached hydrogen (secondary N) is 1. The smallest absolute Gasteiger partial charge is 0.251 e. The number of benzene rings is 1. The summed E-state index contributed by atoms with van der Waals surface area (Å²) < 4.78 is 0. The molecule has 6 nitrogen and oxygen atoms in total. The second-order valence-electron chi connectivity index (χ2n) is 5.87. The first kappa shape index (κ1) is 16.7. The van der Waals surface area contributed by atoms with Crippen molar-refractivity contribution in [2.45, 2.75) is 19.9 Å². The average molecular weight is 336 g/mol. The number of phenols is 1. The highest BCUT2D eigenvalue weighted by atomic mass is 16.3. The molecule has 2 aromatic heterocycles. The lowest BCUT2D eigenvalue weighted by Gasteiger charge is -2.18. The van der Waals surface area contributed by atoms with E-state index in [0.717, 1.165) is 22.6 Å². The number of anilines is 1. The number of hydrogen-bond acceptors (Lipinski definition) is 5. The minimum atomic E-state index is -0.157. The summed E-state index contributed by atoms with van der Waals surface area (Å²) in [5.41, 5.74) is 2.45. The summed E-state index contributed by atoms with van der Waals surface area (Å²) >= 11 is 0. The van der Waals surface area contributed by atoms with Gasteiger partial charge in [0.1, 0.15) is 17.4 Å². The van der Waals surface area contributed by atoms with E-state index in [2.05, 4.69) is 15.0 Å². The minimum Gasteiger partial charge on any atom is -0.508 e. The summed E-state index contributed by atoms with van der Waals surface area (Å²) in [6, 6.07) is 12.4. The fraction of sp³-hybridized carbons (Fsp3) is 0.211. The van der Waals surface area contributed by atoms with Gasteiger partial charge in [-0.1, -0.05) is 19.1 Å². The summed E-state index contributed by atoms with van der Waals surface area (Å²) in [6.07, 6.45) is 2.41. The number of rotatable bonds is 5. The van der Waals surface area contributed by atoms with Gasteiger partial charge in [-0.3, -0.25) is 4.79 Å². The topological polar surface area (TPSA) is 82.1 Å². The fourth-order valence-electron chi connectivity index (χ4n) is 2.53. The third kappa shape index (κ3) is 4.03. The van der Waals surface area contributed by atoms with Crippen molar-refractivity contribution in [1.82, 2.24) is 15.0 Å². The molecule has 0 bridgehead atoms. The first-order valence-electron chi connectivity index (χ1n) is 8.11. The third-order valence-corrected chi connectivity index (χ3v) is 3.93. The molecular formula is C19H20N4O2. The Bertz CT molecular complexity index is 902. The predicted octanol–water partition coefficient (Wildman–Crippen LogP) is 2.74. The Morgan fingerprint density at radius 2 is 1.92 bits per heavy atom. The van der Waals surface area contributed by atoms with Gasteiger partial charge < -0.3 is 15.0 Å². The molecule has 0 saturated carbocycles. The van der Waals surface area contributed by atoms with E-state index >= 15 is 0 Å². The van der Waals surface area contributed by atoms with E-state index in [1.165, 1.54) is 6.07 Å². The quantitative estimate of drug-likeness (QED) is 0.749. The second kappa shape index (κ2) is 7.17. The maximum atomic E-state index is 11.7. The molecule has 3 aromatic rings. The molecule has 0 fully saturated rings. The summed E-state index contributed by atoms with van der Waals surface area (Å²) in [6.45, 7) is 2.64. The lowest BCUT2D eigenvalue weighted by atomic mass is 10.2. The van der Waals surface area contributed by atoms with Gasteiger partial charge in [0.05, 0.1) is 0 Å². The van der Waals surface area contributed by atoms with Crippen LogP contribution in [0.1, 0.15) is 18.2 Å². The zero-order chi connectivity index (χ0) is 17.8. The molecule has 25 heavy (non-hydrogen) atoms. The van der Waals surface area contributed by atoms with E-state index < -0.39 is 0 Å². The highest BCUT2D eigenvalue weighted by molar-refractivity contribution is 5.56. The first-order valence-corrected chi connectivity index (χ1v) is 8.11. The molecule has 0 saturated heterocycles. The van der Waals surface area contributed by atoms with Crippen LogP contribution in [0.15, 0.2) is 53.5 Å². The molecule has 0 unspecified atom stereocenters. The Labute approximate surface area is 145 Å². The zero-order valence-electron chi connectivity index (χ0n) is 14.2. The summed E-state index contributed by atoms with van der Waals surface area (Å²) in [4.78, 5) is 25.4. The van der Waals surface area contributed by atoms with Crippen LogP contribution in [0, 0.1) is 0 Å². The van der Waals surface area contributed by atoms with Gasteiger partial charge in [0, 0.05) is 37.1 Å². The summed E-state index contributed by atoms with van der Waals surface area (Å²) in [7, 11) is 1.95. The van der Waals surface area contributed by atoms with Crippen LogP contribution in [0.3, 0.4) is 0 Å². The molecule has 6 heteroatoms. The Balaban J connectivity index is 1.78. The molecule has 0 amide bonds. The third-order valence-electron chi connectivity index (χ3n) is 3.93. The van der Waals surface area contributed by atoms with Crippen LogP contribution < -0.4 is 10.5 Å². The van der Waals surface area contributed by atoms with Gasteiger partial charge in [-0.2, -0.15) is 0 Å². The van der Waals surface area contributed by atoms with E-state index in [1.54, 1.807) is 18.3 Å². The number of hydrogen-bond donors (Lipinski definition) is 2. The van der Waals surface area contributed by atoms with Crippen LogP contribution in [-0.2, 0) is 13.0 Å². The molecule has 1 aromatic carbocycles. The number of phenolic OH excluding ortho intramolecular Hbond substituents is 1. The maximum absolute atomic E-state index is 11.7. The highest BCUT2D eigenvalue weighted by Crippen LogP contribution is 2.19. The van der Waals surface area contributed by atoms with Crippen LogP contribution in [0.5, 0.6) is 5.75 Å². The largest absolute Gasteiger partial charge is 0.508 e. The van der Waals surface area contributed by atoms with Crippen molar-refractivity contribution in [2.75, 3.05) is 11.9 Å². The standard InChI is InChI=1S/C19H20N4O2/c1-3-15-10-18(25)22-19(21-15)14-6-9-17(20-11-14)23(2)12-13-4-7-16(24)8-5-13/h4-11,24H,3,12H2,1-2H3,(H,21,22,25). The lowest BCUT2D eigenvalue weighted by Crippen LogP contribution is -2.17. The van der Waals surface area contributed by atoms with Crippen molar-refractivity contribution in [3.63, 3.8) is 0 Å². The molecule has 0 radical (unpaired) electrons.